The first-order chi connectivity index (χ1) is 15.9. The summed E-state index contributed by atoms with van der Waals surface area (Å²) in [5.74, 6) is -0.0797. The minimum atomic E-state index is -0.467. The second-order valence-electron chi connectivity index (χ2n) is 7.37. The van der Waals surface area contributed by atoms with Crippen molar-refractivity contribution in [2.45, 2.75) is 6.61 Å². The second-order valence-corrected chi connectivity index (χ2v) is 9.65. The molecule has 172 valence electrons. The summed E-state index contributed by atoms with van der Waals surface area (Å²) >= 11 is 10.2. The highest BCUT2D eigenvalue weighted by Gasteiger charge is 2.37. The van der Waals surface area contributed by atoms with Crippen LogP contribution < -0.4 is 4.74 Å². The van der Waals surface area contributed by atoms with E-state index in [1.165, 1.54) is 0 Å². The molecule has 0 aliphatic carbocycles. The molecule has 0 N–H and O–H groups in total. The zero-order chi connectivity index (χ0) is 23.4. The number of ether oxygens (including phenoxy) is 2. The Labute approximate surface area is 208 Å². The van der Waals surface area contributed by atoms with Gasteiger partial charge in [-0.2, -0.15) is 0 Å². The summed E-state index contributed by atoms with van der Waals surface area (Å²) in [6.45, 7) is 1.97. The van der Waals surface area contributed by atoms with Gasteiger partial charge in [-0.1, -0.05) is 29.8 Å². The fourth-order valence-corrected chi connectivity index (χ4v) is 4.78. The summed E-state index contributed by atoms with van der Waals surface area (Å²) < 4.78 is 11.8. The Morgan fingerprint density at radius 3 is 2.58 bits per heavy atom. The molecule has 2 fully saturated rings. The van der Waals surface area contributed by atoms with Gasteiger partial charge in [0.05, 0.1) is 22.6 Å². The fraction of sp³-hybridized carbons (Fsp3) is 0.261. The van der Waals surface area contributed by atoms with Gasteiger partial charge in [0, 0.05) is 18.1 Å². The Kier molecular flexibility index (Phi) is 7.75. The van der Waals surface area contributed by atoms with Crippen LogP contribution in [0.3, 0.4) is 0 Å². The molecule has 0 saturated carbocycles. The molecule has 2 aromatic rings. The van der Waals surface area contributed by atoms with Gasteiger partial charge in [-0.25, -0.2) is 0 Å². The lowest BCUT2D eigenvalue weighted by Gasteiger charge is -2.28. The number of imide groups is 1. The Morgan fingerprint density at radius 2 is 1.88 bits per heavy atom. The van der Waals surface area contributed by atoms with Gasteiger partial charge in [0.2, 0.25) is 5.91 Å². The first kappa shape index (κ1) is 23.8. The van der Waals surface area contributed by atoms with Gasteiger partial charge < -0.3 is 14.4 Å². The number of halogens is 2. The molecule has 2 aliphatic heterocycles. The summed E-state index contributed by atoms with van der Waals surface area (Å²) in [5.41, 5.74) is 1.71. The van der Waals surface area contributed by atoms with E-state index in [9.17, 15) is 14.4 Å². The van der Waals surface area contributed by atoms with Crippen LogP contribution in [0.4, 0.5) is 4.79 Å². The molecule has 2 saturated heterocycles. The van der Waals surface area contributed by atoms with E-state index in [-0.39, 0.29) is 17.4 Å². The van der Waals surface area contributed by atoms with Crippen LogP contribution >= 0.6 is 39.3 Å². The van der Waals surface area contributed by atoms with Gasteiger partial charge >= 0.3 is 0 Å². The van der Waals surface area contributed by atoms with E-state index >= 15 is 0 Å². The number of nitrogens with zero attached hydrogens (tertiary/aromatic N) is 2. The van der Waals surface area contributed by atoms with Gasteiger partial charge in [-0.3, -0.25) is 19.3 Å². The zero-order valence-electron chi connectivity index (χ0n) is 17.5. The zero-order valence-corrected chi connectivity index (χ0v) is 20.6. The van der Waals surface area contributed by atoms with Crippen molar-refractivity contribution in [2.24, 2.45) is 0 Å². The first-order valence-electron chi connectivity index (χ1n) is 10.2. The molecule has 4 rings (SSSR count). The van der Waals surface area contributed by atoms with Crippen molar-refractivity contribution in [3.8, 4) is 5.75 Å². The molecule has 0 radical (unpaired) electrons. The maximum Gasteiger partial charge on any atom is 0.294 e. The van der Waals surface area contributed by atoms with Crippen LogP contribution in [0.1, 0.15) is 11.1 Å². The summed E-state index contributed by atoms with van der Waals surface area (Å²) in [6, 6.07) is 12.8. The maximum absolute atomic E-state index is 12.7. The van der Waals surface area contributed by atoms with E-state index in [4.69, 9.17) is 21.1 Å². The van der Waals surface area contributed by atoms with E-state index in [1.54, 1.807) is 35.2 Å². The van der Waals surface area contributed by atoms with Crippen LogP contribution in [-0.4, -0.2) is 59.7 Å². The highest BCUT2D eigenvalue weighted by Crippen LogP contribution is 2.34. The third kappa shape index (κ3) is 5.97. The second kappa shape index (κ2) is 10.7. The molecule has 7 nitrogen and oxygen atoms in total. The standard InChI is InChI=1S/C23H20BrClN2O5S/c24-18-11-16(3-6-19(18)32-14-15-1-4-17(25)5-2-15)12-20-22(29)27(23(30)33-20)13-21(28)26-7-9-31-10-8-26/h1-6,11-12H,7-10,13-14H2/b20-12-. The highest BCUT2D eigenvalue weighted by molar-refractivity contribution is 9.10. The van der Waals surface area contributed by atoms with E-state index in [0.717, 1.165) is 27.8 Å². The van der Waals surface area contributed by atoms with Crippen molar-refractivity contribution in [2.75, 3.05) is 32.8 Å². The van der Waals surface area contributed by atoms with Crippen LogP contribution in [-0.2, 0) is 20.9 Å². The number of hydrogen-bond acceptors (Lipinski definition) is 6. The van der Waals surface area contributed by atoms with Crippen molar-refractivity contribution >= 4 is 62.4 Å². The normalized spacial score (nSPS) is 17.7. The lowest BCUT2D eigenvalue weighted by atomic mass is 10.2. The molecule has 2 aliphatic rings. The fourth-order valence-electron chi connectivity index (χ4n) is 3.30. The molecule has 0 bridgehead atoms. The molecule has 0 spiro atoms. The lowest BCUT2D eigenvalue weighted by Crippen LogP contribution is -2.46. The van der Waals surface area contributed by atoms with Crippen LogP contribution in [0.2, 0.25) is 5.02 Å². The molecule has 2 aromatic carbocycles. The first-order valence-corrected chi connectivity index (χ1v) is 12.2. The predicted molar refractivity (Wildman–Crippen MR) is 130 cm³/mol. The van der Waals surface area contributed by atoms with Crippen LogP contribution in [0.15, 0.2) is 51.8 Å². The third-order valence-corrected chi connectivity index (χ3v) is 6.87. The number of carbonyl (C=O) groups is 3. The van der Waals surface area contributed by atoms with Gasteiger partial charge in [-0.05, 0) is 69.2 Å². The molecule has 3 amide bonds. The molecule has 2 heterocycles. The van der Waals surface area contributed by atoms with Crippen molar-refractivity contribution < 1.29 is 23.9 Å². The highest BCUT2D eigenvalue weighted by atomic mass is 79.9. The van der Waals surface area contributed by atoms with E-state index in [1.807, 2.05) is 18.2 Å². The van der Waals surface area contributed by atoms with Gasteiger partial charge in [0.1, 0.15) is 18.9 Å². The smallest absolute Gasteiger partial charge is 0.294 e. The van der Waals surface area contributed by atoms with Crippen molar-refractivity contribution in [3.05, 3.63) is 68.0 Å². The lowest BCUT2D eigenvalue weighted by molar-refractivity contribution is -0.139. The van der Waals surface area contributed by atoms with Gasteiger partial charge in [0.15, 0.2) is 0 Å². The average Bonchev–Trinajstić information content (AvgIpc) is 3.07. The maximum atomic E-state index is 12.7. The largest absolute Gasteiger partial charge is 0.488 e. The Morgan fingerprint density at radius 1 is 1.15 bits per heavy atom. The molecule has 0 atom stereocenters. The van der Waals surface area contributed by atoms with Crippen LogP contribution in [0.5, 0.6) is 5.75 Å². The quantitative estimate of drug-likeness (QED) is 0.490. The van der Waals surface area contributed by atoms with Crippen LogP contribution in [0.25, 0.3) is 6.08 Å². The molecule has 10 heteroatoms. The summed E-state index contributed by atoms with van der Waals surface area (Å²) in [5, 5.41) is 0.217. The minimum Gasteiger partial charge on any atom is -0.488 e. The monoisotopic (exact) mass is 550 g/mol. The Hall–Kier alpha value is -2.33. The topological polar surface area (TPSA) is 76.2 Å². The predicted octanol–water partition coefficient (Wildman–Crippen LogP) is 4.58. The number of morpholine rings is 1. The summed E-state index contributed by atoms with van der Waals surface area (Å²) in [6.07, 6.45) is 1.64. The number of carbonyl (C=O) groups excluding carboxylic acids is 3. The summed E-state index contributed by atoms with van der Waals surface area (Å²) in [7, 11) is 0. The third-order valence-electron chi connectivity index (χ3n) is 5.09. The number of hydrogen-bond donors (Lipinski definition) is 0. The van der Waals surface area contributed by atoms with Gasteiger partial charge in [0.25, 0.3) is 11.1 Å². The van der Waals surface area contributed by atoms with E-state index < -0.39 is 11.1 Å². The van der Waals surface area contributed by atoms with Crippen LogP contribution in [0, 0.1) is 0 Å². The number of amides is 3. The SMILES string of the molecule is O=C(CN1C(=O)S/C(=C\c2ccc(OCc3ccc(Cl)cc3)c(Br)c2)C1=O)N1CCOCC1. The molecule has 33 heavy (non-hydrogen) atoms. The molecule has 0 unspecified atom stereocenters. The number of benzene rings is 2. The average molecular weight is 552 g/mol. The Bertz CT molecular complexity index is 1100. The van der Waals surface area contributed by atoms with E-state index in [2.05, 4.69) is 15.9 Å². The summed E-state index contributed by atoms with van der Waals surface area (Å²) in [4.78, 5) is 40.4. The van der Waals surface area contributed by atoms with Crippen molar-refractivity contribution in [1.82, 2.24) is 9.80 Å². The Balaban J connectivity index is 1.40. The van der Waals surface area contributed by atoms with Crippen molar-refractivity contribution in [3.63, 3.8) is 0 Å². The minimum absolute atomic E-state index is 0.258. The molecular formula is C23H20BrClN2O5S. The number of thioether (sulfide) groups is 1. The van der Waals surface area contributed by atoms with Gasteiger partial charge in [-0.15, -0.1) is 0 Å². The van der Waals surface area contributed by atoms with Crippen molar-refractivity contribution in [1.29, 1.82) is 0 Å². The van der Waals surface area contributed by atoms with E-state index in [0.29, 0.717) is 48.2 Å². The molecular weight excluding hydrogens is 532 g/mol. The molecule has 0 aromatic heterocycles. The number of rotatable bonds is 6.